The van der Waals surface area contributed by atoms with Gasteiger partial charge in [-0.05, 0) is 85.3 Å². The number of carbonyl (C=O) groups is 1. The highest BCUT2D eigenvalue weighted by Gasteiger charge is 2.17. The summed E-state index contributed by atoms with van der Waals surface area (Å²) in [5, 5.41) is 4.85. The van der Waals surface area contributed by atoms with E-state index in [1.165, 1.54) is 33.5 Å². The summed E-state index contributed by atoms with van der Waals surface area (Å²) in [6.07, 6.45) is 0. The molecule has 5 rings (SSSR count). The van der Waals surface area contributed by atoms with Crippen molar-refractivity contribution < 1.29 is 4.79 Å². The van der Waals surface area contributed by atoms with Crippen LogP contribution in [0.4, 0.5) is 0 Å². The van der Waals surface area contributed by atoms with Gasteiger partial charge in [0.2, 0.25) is 0 Å². The van der Waals surface area contributed by atoms with Crippen molar-refractivity contribution in [2.75, 3.05) is 0 Å². The zero-order valence-electron chi connectivity index (χ0n) is 21.7. The standard InChI is InChI=1S/C33H31ClN2O/c1-21-9-5-6-10-28(21)26-15-13-25(14-16-26)20-36-24(4)22(2)30-19-27(17-18-32(30)36)33(37)35-23(3)29-11-7-8-12-31(29)34/h5-19,23H,20H2,1-4H3,(H,35,37)/t23-/m0/s1. The third-order valence-electron chi connectivity index (χ3n) is 7.37. The summed E-state index contributed by atoms with van der Waals surface area (Å²) in [5.74, 6) is -0.106. The highest BCUT2D eigenvalue weighted by atomic mass is 35.5. The van der Waals surface area contributed by atoms with Crippen LogP contribution in [0.25, 0.3) is 22.0 Å². The molecule has 0 aliphatic rings. The molecule has 0 bridgehead atoms. The number of hydrogen-bond donors (Lipinski definition) is 1. The van der Waals surface area contributed by atoms with Gasteiger partial charge in [0.05, 0.1) is 6.04 Å². The SMILES string of the molecule is Cc1ccccc1-c1ccc(Cn2c(C)c(C)c3cc(C(=O)N[C@@H](C)c4ccccc4Cl)ccc32)cc1. The summed E-state index contributed by atoms with van der Waals surface area (Å²) in [5.41, 5.74) is 10.1. The predicted octanol–water partition coefficient (Wildman–Crippen LogP) is 8.43. The Kier molecular flexibility index (Phi) is 6.90. The second kappa shape index (κ2) is 10.3. The molecule has 1 heterocycles. The molecular formula is C33H31ClN2O. The van der Waals surface area contributed by atoms with Gasteiger partial charge < -0.3 is 9.88 Å². The van der Waals surface area contributed by atoms with E-state index in [-0.39, 0.29) is 11.9 Å². The Hall–Kier alpha value is -3.82. The zero-order valence-corrected chi connectivity index (χ0v) is 22.4. The van der Waals surface area contributed by atoms with Crippen LogP contribution in [0, 0.1) is 20.8 Å². The van der Waals surface area contributed by atoms with E-state index in [0.717, 1.165) is 23.0 Å². The average Bonchev–Trinajstić information content (AvgIpc) is 3.14. The lowest BCUT2D eigenvalue weighted by Crippen LogP contribution is -2.26. The largest absolute Gasteiger partial charge is 0.345 e. The van der Waals surface area contributed by atoms with Gasteiger partial charge in [0, 0.05) is 33.7 Å². The molecule has 37 heavy (non-hydrogen) atoms. The monoisotopic (exact) mass is 506 g/mol. The van der Waals surface area contributed by atoms with Crippen LogP contribution < -0.4 is 5.32 Å². The molecule has 4 heteroatoms. The number of carbonyl (C=O) groups excluding carboxylic acids is 1. The molecule has 1 N–H and O–H groups in total. The van der Waals surface area contributed by atoms with Crippen molar-refractivity contribution in [3.63, 3.8) is 0 Å². The minimum absolute atomic E-state index is 0.106. The maximum atomic E-state index is 13.1. The lowest BCUT2D eigenvalue weighted by molar-refractivity contribution is 0.0940. The summed E-state index contributed by atoms with van der Waals surface area (Å²) in [4.78, 5) is 13.1. The van der Waals surface area contributed by atoms with Crippen molar-refractivity contribution >= 4 is 28.4 Å². The maximum absolute atomic E-state index is 13.1. The van der Waals surface area contributed by atoms with E-state index in [1.807, 2.05) is 43.3 Å². The quantitative estimate of drug-likeness (QED) is 0.246. The number of amides is 1. The Labute approximate surface area is 223 Å². The predicted molar refractivity (Wildman–Crippen MR) is 154 cm³/mol. The smallest absolute Gasteiger partial charge is 0.251 e. The molecule has 1 atom stereocenters. The van der Waals surface area contributed by atoms with Gasteiger partial charge in [-0.2, -0.15) is 0 Å². The van der Waals surface area contributed by atoms with Crippen LogP contribution in [-0.2, 0) is 6.54 Å². The first-order valence-electron chi connectivity index (χ1n) is 12.6. The van der Waals surface area contributed by atoms with Gasteiger partial charge in [0.15, 0.2) is 0 Å². The average molecular weight is 507 g/mol. The van der Waals surface area contributed by atoms with Crippen LogP contribution in [0.1, 0.15) is 51.3 Å². The molecule has 0 saturated carbocycles. The fourth-order valence-electron chi connectivity index (χ4n) is 5.05. The fourth-order valence-corrected chi connectivity index (χ4v) is 5.35. The van der Waals surface area contributed by atoms with E-state index >= 15 is 0 Å². The summed E-state index contributed by atoms with van der Waals surface area (Å²) in [7, 11) is 0. The van der Waals surface area contributed by atoms with Gasteiger partial charge in [-0.15, -0.1) is 0 Å². The first kappa shape index (κ1) is 24.9. The lowest BCUT2D eigenvalue weighted by atomic mass is 9.99. The van der Waals surface area contributed by atoms with Crippen molar-refractivity contribution in [1.29, 1.82) is 0 Å². The van der Waals surface area contributed by atoms with E-state index in [0.29, 0.717) is 10.6 Å². The summed E-state index contributed by atoms with van der Waals surface area (Å²) < 4.78 is 2.33. The molecule has 0 unspecified atom stereocenters. The number of aromatic nitrogens is 1. The third kappa shape index (κ3) is 4.92. The van der Waals surface area contributed by atoms with Gasteiger partial charge >= 0.3 is 0 Å². The van der Waals surface area contributed by atoms with Crippen LogP contribution in [0.5, 0.6) is 0 Å². The minimum Gasteiger partial charge on any atom is -0.345 e. The van der Waals surface area contributed by atoms with Gasteiger partial charge in [0.1, 0.15) is 0 Å². The number of nitrogens with zero attached hydrogens (tertiary/aromatic N) is 1. The van der Waals surface area contributed by atoms with Crippen LogP contribution in [0.15, 0.2) is 91.0 Å². The van der Waals surface area contributed by atoms with Crippen molar-refractivity contribution in [2.24, 2.45) is 0 Å². The third-order valence-corrected chi connectivity index (χ3v) is 7.72. The molecule has 1 aromatic heterocycles. The molecule has 186 valence electrons. The van der Waals surface area contributed by atoms with E-state index < -0.39 is 0 Å². The topological polar surface area (TPSA) is 34.0 Å². The number of aryl methyl sites for hydroxylation is 2. The van der Waals surface area contributed by atoms with Crippen molar-refractivity contribution in [1.82, 2.24) is 9.88 Å². The van der Waals surface area contributed by atoms with Gasteiger partial charge in [-0.25, -0.2) is 0 Å². The summed E-state index contributed by atoms with van der Waals surface area (Å²) in [6, 6.07) is 30.7. The van der Waals surface area contributed by atoms with E-state index in [1.54, 1.807) is 0 Å². The van der Waals surface area contributed by atoms with Gasteiger partial charge in [-0.3, -0.25) is 4.79 Å². The Balaban J connectivity index is 1.39. The van der Waals surface area contributed by atoms with Crippen LogP contribution in [0.2, 0.25) is 5.02 Å². The van der Waals surface area contributed by atoms with Gasteiger partial charge in [-0.1, -0.05) is 78.3 Å². The fraction of sp³-hybridized carbons (Fsp3) is 0.182. The van der Waals surface area contributed by atoms with E-state index in [4.69, 9.17) is 11.6 Å². The molecule has 0 fully saturated rings. The molecule has 0 radical (unpaired) electrons. The normalized spacial score (nSPS) is 12.0. The number of hydrogen-bond acceptors (Lipinski definition) is 1. The lowest BCUT2D eigenvalue weighted by Gasteiger charge is -2.16. The first-order valence-corrected chi connectivity index (χ1v) is 13.0. The molecule has 0 saturated heterocycles. The van der Waals surface area contributed by atoms with Crippen molar-refractivity contribution in [3.8, 4) is 11.1 Å². The van der Waals surface area contributed by atoms with Crippen LogP contribution in [0.3, 0.4) is 0 Å². The Bertz CT molecular complexity index is 1600. The van der Waals surface area contributed by atoms with Crippen LogP contribution in [-0.4, -0.2) is 10.5 Å². The highest BCUT2D eigenvalue weighted by Crippen LogP contribution is 2.29. The maximum Gasteiger partial charge on any atom is 0.251 e. The molecular weight excluding hydrogens is 476 g/mol. The number of benzene rings is 4. The zero-order chi connectivity index (χ0) is 26.1. The van der Waals surface area contributed by atoms with Crippen molar-refractivity contribution in [2.45, 2.75) is 40.3 Å². The molecule has 3 nitrogen and oxygen atoms in total. The number of nitrogens with one attached hydrogen (secondary N) is 1. The Morgan fingerprint density at radius 2 is 1.59 bits per heavy atom. The first-order chi connectivity index (χ1) is 17.8. The molecule has 4 aromatic carbocycles. The van der Waals surface area contributed by atoms with Crippen LogP contribution >= 0.6 is 11.6 Å². The van der Waals surface area contributed by atoms with E-state index in [9.17, 15) is 4.79 Å². The molecule has 1 amide bonds. The number of halogens is 1. The number of fused-ring (bicyclic) bond motifs is 1. The second-order valence-corrected chi connectivity index (χ2v) is 10.2. The molecule has 0 spiro atoms. The highest BCUT2D eigenvalue weighted by molar-refractivity contribution is 6.31. The summed E-state index contributed by atoms with van der Waals surface area (Å²) in [6.45, 7) is 9.15. The Morgan fingerprint density at radius 1 is 0.892 bits per heavy atom. The summed E-state index contributed by atoms with van der Waals surface area (Å²) >= 11 is 6.33. The number of rotatable bonds is 6. The van der Waals surface area contributed by atoms with Crippen molar-refractivity contribution in [3.05, 3.63) is 130 Å². The van der Waals surface area contributed by atoms with Gasteiger partial charge in [0.25, 0.3) is 5.91 Å². The molecule has 0 aliphatic carbocycles. The van der Waals surface area contributed by atoms with E-state index in [2.05, 4.69) is 85.3 Å². The second-order valence-electron chi connectivity index (χ2n) is 9.76. The Morgan fingerprint density at radius 3 is 2.32 bits per heavy atom. The molecule has 5 aromatic rings. The molecule has 0 aliphatic heterocycles. The minimum atomic E-state index is -0.188.